The molecule has 0 unspecified atom stereocenters. The van der Waals surface area contributed by atoms with Crippen LogP contribution in [0, 0.1) is 6.92 Å². The fraction of sp³-hybridized carbons (Fsp3) is 0.172. The van der Waals surface area contributed by atoms with Crippen LogP contribution in [-0.2, 0) is 9.59 Å². The number of carbonyl (C=O) groups is 3. The topological polar surface area (TPSA) is 82.3 Å². The van der Waals surface area contributed by atoms with Crippen LogP contribution in [0.3, 0.4) is 0 Å². The highest BCUT2D eigenvalue weighted by Crippen LogP contribution is 2.34. The third-order valence-corrected chi connectivity index (χ3v) is 6.78. The van der Waals surface area contributed by atoms with Crippen LogP contribution in [-0.4, -0.2) is 55.3 Å². The number of carbonyl (C=O) groups excluding carboxylic acids is 2. The van der Waals surface area contributed by atoms with Crippen molar-refractivity contribution in [3.63, 3.8) is 0 Å². The molecule has 3 aromatic rings. The summed E-state index contributed by atoms with van der Waals surface area (Å²) in [6, 6.07) is 12.8. The molecule has 1 saturated heterocycles. The summed E-state index contributed by atoms with van der Waals surface area (Å²) >= 11 is 5.30. The van der Waals surface area contributed by atoms with Gasteiger partial charge in [0.05, 0.1) is 11.1 Å². The molecule has 1 N–H and O–H groups in total. The number of aromatic carboxylic acids is 1. The smallest absolute Gasteiger partial charge is 0.335 e. The first-order valence-corrected chi connectivity index (χ1v) is 12.4. The van der Waals surface area contributed by atoms with Crippen molar-refractivity contribution in [3.8, 4) is 11.1 Å². The Kier molecular flexibility index (Phi) is 7.50. The zero-order valence-corrected chi connectivity index (χ0v) is 21.7. The molecule has 3 heterocycles. The number of allylic oxidation sites excluding steroid dienone is 4. The molecule has 2 amide bonds. The van der Waals surface area contributed by atoms with E-state index in [0.717, 1.165) is 27.9 Å². The lowest BCUT2D eigenvalue weighted by Gasteiger charge is -2.35. The molecule has 188 valence electrons. The summed E-state index contributed by atoms with van der Waals surface area (Å²) in [7, 11) is 0. The zero-order chi connectivity index (χ0) is 26.7. The average molecular weight is 514 g/mol. The number of carboxylic acids is 1. The van der Waals surface area contributed by atoms with Gasteiger partial charge in [-0.1, -0.05) is 42.5 Å². The number of rotatable bonds is 7. The van der Waals surface area contributed by atoms with E-state index in [-0.39, 0.29) is 16.2 Å². The van der Waals surface area contributed by atoms with Gasteiger partial charge in [0.15, 0.2) is 5.11 Å². The summed E-state index contributed by atoms with van der Waals surface area (Å²) < 4.78 is 2.09. The van der Waals surface area contributed by atoms with Crippen LogP contribution in [0.4, 0.5) is 0 Å². The fourth-order valence-corrected chi connectivity index (χ4v) is 4.90. The normalized spacial score (nSPS) is 14.6. The van der Waals surface area contributed by atoms with E-state index in [2.05, 4.69) is 4.40 Å². The maximum Gasteiger partial charge on any atom is 0.335 e. The van der Waals surface area contributed by atoms with Gasteiger partial charge in [-0.15, -0.1) is 0 Å². The lowest BCUT2D eigenvalue weighted by molar-refractivity contribution is -0.133. The average Bonchev–Trinajstić information content (AvgIpc) is 3.17. The summed E-state index contributed by atoms with van der Waals surface area (Å²) in [6.07, 6.45) is 10.8. The summed E-state index contributed by atoms with van der Waals surface area (Å²) in [5.41, 5.74) is 5.21. The minimum absolute atomic E-state index is 0.0753. The molecule has 0 bridgehead atoms. The monoisotopic (exact) mass is 513 g/mol. The SMILES string of the molecule is CCN1C(=O)C(=CC=CC=Cc2c(-c3ccc(C(=O)O)cc3)c(C)n3ccccc23)C(=O)N(CC)C1=S. The molecule has 0 radical (unpaired) electrons. The number of hydrogen-bond acceptors (Lipinski definition) is 4. The number of aryl methyl sites for hydroxylation is 1. The quantitative estimate of drug-likeness (QED) is 0.206. The summed E-state index contributed by atoms with van der Waals surface area (Å²) in [5, 5.41) is 9.49. The van der Waals surface area contributed by atoms with Gasteiger partial charge in [-0.2, -0.15) is 0 Å². The number of aromatic nitrogens is 1. The Hall–Kier alpha value is -4.30. The van der Waals surface area contributed by atoms with Gasteiger partial charge in [0.2, 0.25) is 0 Å². The van der Waals surface area contributed by atoms with Gasteiger partial charge in [0.1, 0.15) is 5.57 Å². The Bertz CT molecular complexity index is 1470. The van der Waals surface area contributed by atoms with E-state index >= 15 is 0 Å². The van der Waals surface area contributed by atoms with Crippen LogP contribution >= 0.6 is 12.2 Å². The van der Waals surface area contributed by atoms with Crippen LogP contribution in [0.5, 0.6) is 0 Å². The van der Waals surface area contributed by atoms with Gasteiger partial charge in [-0.3, -0.25) is 19.4 Å². The molecule has 1 fully saturated rings. The Labute approximate surface area is 220 Å². The van der Waals surface area contributed by atoms with Crippen molar-refractivity contribution >= 4 is 46.7 Å². The van der Waals surface area contributed by atoms with E-state index in [1.165, 1.54) is 15.9 Å². The van der Waals surface area contributed by atoms with Gasteiger partial charge >= 0.3 is 5.97 Å². The fourth-order valence-electron chi connectivity index (χ4n) is 4.48. The van der Waals surface area contributed by atoms with Crippen LogP contribution in [0.1, 0.15) is 35.5 Å². The number of hydrogen-bond donors (Lipinski definition) is 1. The summed E-state index contributed by atoms with van der Waals surface area (Å²) in [6.45, 7) is 6.44. The highest BCUT2D eigenvalue weighted by molar-refractivity contribution is 7.80. The predicted molar refractivity (Wildman–Crippen MR) is 148 cm³/mol. The third-order valence-electron chi connectivity index (χ3n) is 6.34. The molecule has 4 rings (SSSR count). The first kappa shape index (κ1) is 25.8. The second-order valence-electron chi connectivity index (χ2n) is 8.42. The van der Waals surface area contributed by atoms with Crippen LogP contribution < -0.4 is 0 Å². The van der Waals surface area contributed by atoms with E-state index in [1.54, 1.807) is 24.3 Å². The van der Waals surface area contributed by atoms with E-state index in [1.807, 2.05) is 69.5 Å². The molecule has 1 aliphatic rings. The van der Waals surface area contributed by atoms with Crippen molar-refractivity contribution in [2.75, 3.05) is 13.1 Å². The Morgan fingerprint density at radius 1 is 0.946 bits per heavy atom. The lowest BCUT2D eigenvalue weighted by Crippen LogP contribution is -2.55. The number of amides is 2. The van der Waals surface area contributed by atoms with Crippen LogP contribution in [0.25, 0.3) is 22.7 Å². The maximum absolute atomic E-state index is 12.8. The standard InChI is InChI=1S/C29H27N3O4S/c1-4-30-26(33)23(27(34)31(5-2)29(30)37)12-8-6-7-11-22-24-13-9-10-18-32(24)19(3)25(22)20-14-16-21(17-15-20)28(35)36/h6-18H,4-5H2,1-3H3,(H,35,36). The predicted octanol–water partition coefficient (Wildman–Crippen LogP) is 5.10. The van der Waals surface area contributed by atoms with Crippen molar-refractivity contribution in [3.05, 3.63) is 95.4 Å². The maximum atomic E-state index is 12.8. The highest BCUT2D eigenvalue weighted by Gasteiger charge is 2.37. The molecular weight excluding hydrogens is 486 g/mol. The largest absolute Gasteiger partial charge is 0.478 e. The van der Waals surface area contributed by atoms with Crippen molar-refractivity contribution in [1.29, 1.82) is 0 Å². The van der Waals surface area contributed by atoms with E-state index in [4.69, 9.17) is 12.2 Å². The Morgan fingerprint density at radius 2 is 1.59 bits per heavy atom. The van der Waals surface area contributed by atoms with Gasteiger partial charge in [-0.05, 0) is 68.9 Å². The highest BCUT2D eigenvalue weighted by atomic mass is 32.1. The number of thiocarbonyl (C=S) groups is 1. The Balaban J connectivity index is 1.68. The molecule has 1 aromatic carbocycles. The minimum atomic E-state index is -0.967. The molecule has 8 heteroatoms. The first-order chi connectivity index (χ1) is 17.8. The number of likely N-dealkylation sites (N-methyl/N-ethyl adjacent to an activating group) is 2. The van der Waals surface area contributed by atoms with Crippen LogP contribution in [0.15, 0.2) is 78.5 Å². The molecule has 2 aromatic heterocycles. The Morgan fingerprint density at radius 3 is 2.19 bits per heavy atom. The van der Waals surface area contributed by atoms with Crippen molar-refractivity contribution < 1.29 is 19.5 Å². The number of pyridine rings is 1. The molecule has 37 heavy (non-hydrogen) atoms. The molecule has 0 aliphatic carbocycles. The molecule has 0 saturated carbocycles. The number of carboxylic acid groups (broad SMARTS) is 1. The second-order valence-corrected chi connectivity index (χ2v) is 8.78. The second kappa shape index (κ2) is 10.8. The zero-order valence-electron chi connectivity index (χ0n) is 20.8. The van der Waals surface area contributed by atoms with E-state index < -0.39 is 17.8 Å². The molecule has 1 aliphatic heterocycles. The third kappa shape index (κ3) is 4.75. The van der Waals surface area contributed by atoms with Crippen molar-refractivity contribution in [2.24, 2.45) is 0 Å². The lowest BCUT2D eigenvalue weighted by atomic mass is 9.99. The summed E-state index contributed by atoms with van der Waals surface area (Å²) in [5.74, 6) is -1.75. The number of nitrogens with zero attached hydrogens (tertiary/aromatic N) is 3. The first-order valence-electron chi connectivity index (χ1n) is 12.0. The molecule has 7 nitrogen and oxygen atoms in total. The van der Waals surface area contributed by atoms with Crippen molar-refractivity contribution in [2.45, 2.75) is 20.8 Å². The molecule has 0 atom stereocenters. The molecular formula is C29H27N3O4S. The summed E-state index contributed by atoms with van der Waals surface area (Å²) in [4.78, 5) is 39.7. The van der Waals surface area contributed by atoms with Crippen molar-refractivity contribution in [1.82, 2.24) is 14.2 Å². The van der Waals surface area contributed by atoms with Gasteiger partial charge in [0, 0.05) is 36.1 Å². The minimum Gasteiger partial charge on any atom is -0.478 e. The van der Waals surface area contributed by atoms with E-state index in [9.17, 15) is 19.5 Å². The number of benzene rings is 1. The van der Waals surface area contributed by atoms with Gasteiger partial charge < -0.3 is 9.51 Å². The van der Waals surface area contributed by atoms with E-state index in [0.29, 0.717) is 13.1 Å². The molecule has 0 spiro atoms. The van der Waals surface area contributed by atoms with Gasteiger partial charge in [-0.25, -0.2) is 4.79 Å². The number of fused-ring (bicyclic) bond motifs is 1. The van der Waals surface area contributed by atoms with Gasteiger partial charge in [0.25, 0.3) is 11.8 Å². The van der Waals surface area contributed by atoms with Crippen LogP contribution in [0.2, 0.25) is 0 Å².